The summed E-state index contributed by atoms with van der Waals surface area (Å²) in [5.41, 5.74) is 1.77. The van der Waals surface area contributed by atoms with Gasteiger partial charge in [0.25, 0.3) is 0 Å². The Labute approximate surface area is 172 Å². The van der Waals surface area contributed by atoms with Crippen molar-refractivity contribution < 1.29 is 9.47 Å². The predicted molar refractivity (Wildman–Crippen MR) is 115 cm³/mol. The van der Waals surface area contributed by atoms with Gasteiger partial charge in [0.2, 0.25) is 6.29 Å². The van der Waals surface area contributed by atoms with Crippen molar-refractivity contribution in [3.8, 4) is 5.75 Å². The summed E-state index contributed by atoms with van der Waals surface area (Å²) in [6, 6.07) is 8.70. The van der Waals surface area contributed by atoms with E-state index in [9.17, 15) is 0 Å². The Morgan fingerprint density at radius 3 is 2.36 bits per heavy atom. The van der Waals surface area contributed by atoms with Gasteiger partial charge in [0.15, 0.2) is 0 Å². The van der Waals surface area contributed by atoms with Crippen LogP contribution in [0.25, 0.3) is 0 Å². The van der Waals surface area contributed by atoms with Crippen molar-refractivity contribution in [2.45, 2.75) is 92.0 Å². The largest absolute Gasteiger partial charge is 0.465 e. The SMILES string of the molecule is CC(C)C(Oc1ccc(CCC(C)(C)C)cc1)OC1CC2CC1C1CCCC21. The first-order chi connectivity index (χ1) is 13.3. The summed E-state index contributed by atoms with van der Waals surface area (Å²) in [5.74, 6) is 4.99. The fraction of sp³-hybridized carbons (Fsp3) is 0.769. The van der Waals surface area contributed by atoms with E-state index in [1.807, 2.05) is 0 Å². The van der Waals surface area contributed by atoms with Crippen LogP contribution in [0.1, 0.15) is 78.7 Å². The molecule has 3 aliphatic rings. The molecule has 156 valence electrons. The van der Waals surface area contributed by atoms with Crippen LogP contribution in [0.15, 0.2) is 24.3 Å². The van der Waals surface area contributed by atoms with Crippen molar-refractivity contribution >= 4 is 0 Å². The quantitative estimate of drug-likeness (QED) is 0.478. The van der Waals surface area contributed by atoms with Crippen LogP contribution in [0.4, 0.5) is 0 Å². The zero-order valence-corrected chi connectivity index (χ0v) is 18.6. The number of hydrogen-bond acceptors (Lipinski definition) is 2. The van der Waals surface area contributed by atoms with Gasteiger partial charge >= 0.3 is 0 Å². The first kappa shape index (κ1) is 20.3. The molecule has 3 fully saturated rings. The Bertz CT molecular complexity index is 641. The average molecular weight is 385 g/mol. The molecule has 0 radical (unpaired) electrons. The summed E-state index contributed by atoms with van der Waals surface area (Å²) in [6.45, 7) is 11.3. The molecule has 0 heterocycles. The van der Waals surface area contributed by atoms with Gasteiger partial charge in [-0.05, 0) is 85.3 Å². The lowest BCUT2D eigenvalue weighted by Crippen LogP contribution is -2.37. The summed E-state index contributed by atoms with van der Waals surface area (Å²) in [7, 11) is 0. The summed E-state index contributed by atoms with van der Waals surface area (Å²) in [5, 5.41) is 0. The number of ether oxygens (including phenoxy) is 2. The van der Waals surface area contributed by atoms with Gasteiger partial charge in [-0.2, -0.15) is 0 Å². The highest BCUT2D eigenvalue weighted by Gasteiger charge is 2.54. The fourth-order valence-corrected chi connectivity index (χ4v) is 6.04. The second-order valence-corrected chi connectivity index (χ2v) is 11.3. The molecule has 2 bridgehead atoms. The zero-order chi connectivity index (χ0) is 19.9. The summed E-state index contributed by atoms with van der Waals surface area (Å²) in [6.07, 6.45) is 9.66. The number of rotatable bonds is 7. The van der Waals surface area contributed by atoms with Gasteiger partial charge in [-0.25, -0.2) is 0 Å². The lowest BCUT2D eigenvalue weighted by molar-refractivity contribution is -0.162. The maximum atomic E-state index is 6.62. The van der Waals surface area contributed by atoms with E-state index < -0.39 is 0 Å². The standard InChI is InChI=1S/C26H40O2/c1-17(2)25(27-20-11-9-18(10-12-20)13-14-26(3,4)5)28-24-16-19-15-23(24)22-8-6-7-21(19)22/h9-12,17,19,21-25H,6-8,13-16H2,1-5H3. The predicted octanol–water partition coefficient (Wildman–Crippen LogP) is 6.87. The van der Waals surface area contributed by atoms with Gasteiger partial charge in [0.05, 0.1) is 6.10 Å². The molecule has 4 rings (SSSR count). The van der Waals surface area contributed by atoms with Crippen LogP contribution in [0.5, 0.6) is 5.75 Å². The van der Waals surface area contributed by atoms with Gasteiger partial charge in [-0.3, -0.25) is 0 Å². The molecule has 3 saturated carbocycles. The fourth-order valence-electron chi connectivity index (χ4n) is 6.04. The van der Waals surface area contributed by atoms with Crippen LogP contribution >= 0.6 is 0 Å². The minimum absolute atomic E-state index is 0.135. The molecule has 0 amide bonds. The van der Waals surface area contributed by atoms with E-state index in [1.165, 1.54) is 44.1 Å². The second-order valence-electron chi connectivity index (χ2n) is 11.3. The monoisotopic (exact) mass is 384 g/mol. The van der Waals surface area contributed by atoms with Crippen molar-refractivity contribution in [1.82, 2.24) is 0 Å². The third-order valence-corrected chi connectivity index (χ3v) is 7.56. The minimum atomic E-state index is -0.135. The van der Waals surface area contributed by atoms with Crippen molar-refractivity contribution in [2.24, 2.45) is 35.0 Å². The lowest BCUT2D eigenvalue weighted by Gasteiger charge is -2.35. The van der Waals surface area contributed by atoms with Crippen LogP contribution < -0.4 is 4.74 Å². The number of hydrogen-bond donors (Lipinski definition) is 0. The molecule has 2 nitrogen and oxygen atoms in total. The average Bonchev–Trinajstić information content (AvgIpc) is 3.33. The Morgan fingerprint density at radius 2 is 1.68 bits per heavy atom. The maximum Gasteiger partial charge on any atom is 0.202 e. The third-order valence-electron chi connectivity index (χ3n) is 7.56. The van der Waals surface area contributed by atoms with E-state index in [0.717, 1.165) is 35.8 Å². The van der Waals surface area contributed by atoms with Crippen LogP contribution in [0, 0.1) is 35.0 Å². The van der Waals surface area contributed by atoms with E-state index >= 15 is 0 Å². The number of benzene rings is 1. The molecule has 0 spiro atoms. The molecule has 1 aromatic carbocycles. The van der Waals surface area contributed by atoms with Crippen LogP contribution in [-0.2, 0) is 11.2 Å². The first-order valence-corrected chi connectivity index (χ1v) is 11.7. The first-order valence-electron chi connectivity index (χ1n) is 11.7. The molecule has 6 unspecified atom stereocenters. The molecule has 2 heteroatoms. The molecular formula is C26H40O2. The summed E-state index contributed by atoms with van der Waals surface area (Å²) < 4.78 is 13.0. The minimum Gasteiger partial charge on any atom is -0.465 e. The molecule has 0 N–H and O–H groups in total. The molecule has 1 aromatic rings. The van der Waals surface area contributed by atoms with Gasteiger partial charge in [-0.15, -0.1) is 0 Å². The molecule has 0 saturated heterocycles. The van der Waals surface area contributed by atoms with Crippen molar-refractivity contribution in [1.29, 1.82) is 0 Å². The van der Waals surface area contributed by atoms with E-state index in [2.05, 4.69) is 58.9 Å². The van der Waals surface area contributed by atoms with Crippen molar-refractivity contribution in [2.75, 3.05) is 0 Å². The third kappa shape index (κ3) is 4.42. The van der Waals surface area contributed by atoms with E-state index in [0.29, 0.717) is 17.4 Å². The topological polar surface area (TPSA) is 18.5 Å². The van der Waals surface area contributed by atoms with E-state index in [4.69, 9.17) is 9.47 Å². The van der Waals surface area contributed by atoms with E-state index in [-0.39, 0.29) is 6.29 Å². The van der Waals surface area contributed by atoms with Gasteiger partial charge in [-0.1, -0.05) is 53.2 Å². The molecule has 6 atom stereocenters. The summed E-state index contributed by atoms with van der Waals surface area (Å²) >= 11 is 0. The highest BCUT2D eigenvalue weighted by atomic mass is 16.7. The Balaban J connectivity index is 1.34. The Hall–Kier alpha value is -1.02. The van der Waals surface area contributed by atoms with Gasteiger partial charge < -0.3 is 9.47 Å². The van der Waals surface area contributed by atoms with Crippen molar-refractivity contribution in [3.05, 3.63) is 29.8 Å². The second kappa shape index (κ2) is 8.01. The highest BCUT2D eigenvalue weighted by Crippen LogP contribution is 2.59. The van der Waals surface area contributed by atoms with Crippen molar-refractivity contribution in [3.63, 3.8) is 0 Å². The maximum absolute atomic E-state index is 6.62. The Kier molecular flexibility index (Phi) is 5.80. The number of fused-ring (bicyclic) bond motifs is 5. The molecule has 28 heavy (non-hydrogen) atoms. The molecule has 0 aliphatic heterocycles. The summed E-state index contributed by atoms with van der Waals surface area (Å²) in [4.78, 5) is 0. The zero-order valence-electron chi connectivity index (χ0n) is 18.6. The van der Waals surface area contributed by atoms with Crippen LogP contribution in [0.2, 0.25) is 0 Å². The van der Waals surface area contributed by atoms with E-state index in [1.54, 1.807) is 0 Å². The lowest BCUT2D eigenvalue weighted by atomic mass is 9.80. The molecule has 0 aromatic heterocycles. The number of aryl methyl sites for hydroxylation is 1. The van der Waals surface area contributed by atoms with Crippen LogP contribution in [-0.4, -0.2) is 12.4 Å². The van der Waals surface area contributed by atoms with Gasteiger partial charge in [0, 0.05) is 5.92 Å². The normalized spacial score (nSPS) is 32.7. The highest BCUT2D eigenvalue weighted by molar-refractivity contribution is 5.27. The molecular weight excluding hydrogens is 344 g/mol. The molecule has 3 aliphatic carbocycles. The van der Waals surface area contributed by atoms with Crippen LogP contribution in [0.3, 0.4) is 0 Å². The Morgan fingerprint density at radius 1 is 0.964 bits per heavy atom. The van der Waals surface area contributed by atoms with Gasteiger partial charge in [0.1, 0.15) is 5.75 Å². The smallest absolute Gasteiger partial charge is 0.202 e.